The first-order valence-electron chi connectivity index (χ1n) is 4.05. The lowest BCUT2D eigenvalue weighted by molar-refractivity contribution is 0.893. The van der Waals surface area contributed by atoms with Crippen molar-refractivity contribution in [2.75, 3.05) is 0 Å². The summed E-state index contributed by atoms with van der Waals surface area (Å²) in [6.45, 7) is 0. The van der Waals surface area contributed by atoms with E-state index in [1.807, 2.05) is 12.1 Å². The van der Waals surface area contributed by atoms with Crippen LogP contribution in [0, 0.1) is 22.7 Å². The SMILES string of the molecule is N#Cc1nc2c(nc1C#N)CCC2. The number of nitriles is 2. The van der Waals surface area contributed by atoms with Crippen LogP contribution in [-0.2, 0) is 12.8 Å². The predicted molar refractivity (Wildman–Crippen MR) is 43.5 cm³/mol. The Morgan fingerprint density at radius 1 is 0.923 bits per heavy atom. The Kier molecular flexibility index (Phi) is 1.68. The maximum Gasteiger partial charge on any atom is 0.177 e. The van der Waals surface area contributed by atoms with Crippen LogP contribution < -0.4 is 0 Å². The van der Waals surface area contributed by atoms with E-state index < -0.39 is 0 Å². The van der Waals surface area contributed by atoms with Crippen LogP contribution in [0.4, 0.5) is 0 Å². The van der Waals surface area contributed by atoms with E-state index in [1.54, 1.807) is 0 Å². The van der Waals surface area contributed by atoms with Gasteiger partial charge in [0.2, 0.25) is 0 Å². The zero-order valence-corrected chi connectivity index (χ0v) is 6.91. The molecule has 1 aliphatic carbocycles. The van der Waals surface area contributed by atoms with Gasteiger partial charge >= 0.3 is 0 Å². The second kappa shape index (κ2) is 2.84. The monoisotopic (exact) mass is 170 g/mol. The summed E-state index contributed by atoms with van der Waals surface area (Å²) in [7, 11) is 0. The highest BCUT2D eigenvalue weighted by Crippen LogP contribution is 2.18. The van der Waals surface area contributed by atoms with Crippen LogP contribution in [0.5, 0.6) is 0 Å². The first kappa shape index (κ1) is 7.70. The van der Waals surface area contributed by atoms with Crippen LogP contribution in [0.3, 0.4) is 0 Å². The Hall–Kier alpha value is -1.94. The lowest BCUT2D eigenvalue weighted by atomic mass is 10.3. The molecule has 4 heteroatoms. The van der Waals surface area contributed by atoms with Gasteiger partial charge in [-0.2, -0.15) is 10.5 Å². The van der Waals surface area contributed by atoms with Gasteiger partial charge in [-0.05, 0) is 19.3 Å². The van der Waals surface area contributed by atoms with E-state index in [2.05, 4.69) is 9.97 Å². The minimum absolute atomic E-state index is 0.156. The maximum absolute atomic E-state index is 8.68. The number of aryl methyl sites for hydroxylation is 2. The third-order valence-electron chi connectivity index (χ3n) is 2.09. The molecule has 62 valence electrons. The molecule has 1 heterocycles. The summed E-state index contributed by atoms with van der Waals surface area (Å²) in [5.41, 5.74) is 2.08. The second-order valence-electron chi connectivity index (χ2n) is 2.89. The molecule has 0 saturated carbocycles. The largest absolute Gasteiger partial charge is 0.237 e. The van der Waals surface area contributed by atoms with Gasteiger partial charge in [-0.25, -0.2) is 9.97 Å². The van der Waals surface area contributed by atoms with Crippen LogP contribution in [0.25, 0.3) is 0 Å². The van der Waals surface area contributed by atoms with Crippen molar-refractivity contribution in [2.45, 2.75) is 19.3 Å². The molecule has 0 aliphatic heterocycles. The molecule has 1 aliphatic rings. The van der Waals surface area contributed by atoms with Gasteiger partial charge in [0.15, 0.2) is 11.4 Å². The lowest BCUT2D eigenvalue weighted by Crippen LogP contribution is -2.00. The molecule has 0 radical (unpaired) electrons. The van der Waals surface area contributed by atoms with Gasteiger partial charge in [0.25, 0.3) is 0 Å². The molecule has 0 aromatic carbocycles. The van der Waals surface area contributed by atoms with Crippen molar-refractivity contribution in [1.29, 1.82) is 10.5 Å². The van der Waals surface area contributed by atoms with Crippen molar-refractivity contribution in [3.63, 3.8) is 0 Å². The molecular weight excluding hydrogens is 164 g/mol. The van der Waals surface area contributed by atoms with E-state index in [9.17, 15) is 0 Å². The summed E-state index contributed by atoms with van der Waals surface area (Å²) >= 11 is 0. The summed E-state index contributed by atoms with van der Waals surface area (Å²) in [5, 5.41) is 17.4. The summed E-state index contributed by atoms with van der Waals surface area (Å²) in [6.07, 6.45) is 2.78. The zero-order valence-electron chi connectivity index (χ0n) is 6.91. The lowest BCUT2D eigenvalue weighted by Gasteiger charge is -1.98. The second-order valence-corrected chi connectivity index (χ2v) is 2.89. The fourth-order valence-electron chi connectivity index (χ4n) is 1.48. The molecule has 0 bridgehead atoms. The van der Waals surface area contributed by atoms with Gasteiger partial charge in [-0.15, -0.1) is 0 Å². The van der Waals surface area contributed by atoms with Crippen molar-refractivity contribution < 1.29 is 0 Å². The van der Waals surface area contributed by atoms with Crippen LogP contribution in [0.15, 0.2) is 0 Å². The third kappa shape index (κ3) is 1.13. The van der Waals surface area contributed by atoms with Gasteiger partial charge in [-0.3, -0.25) is 0 Å². The predicted octanol–water partition coefficient (Wildman–Crippen LogP) is 0.709. The standard InChI is InChI=1S/C9H6N4/c10-4-8-9(5-11)13-7-3-1-2-6(7)12-8/h1-3H2. The van der Waals surface area contributed by atoms with Gasteiger partial charge in [0.1, 0.15) is 12.1 Å². The highest BCUT2D eigenvalue weighted by atomic mass is 14.9. The Bertz CT molecular complexity index is 395. The number of fused-ring (bicyclic) bond motifs is 1. The highest BCUT2D eigenvalue weighted by Gasteiger charge is 2.17. The molecule has 0 N–H and O–H groups in total. The molecule has 1 aromatic rings. The Labute approximate surface area is 75.5 Å². The van der Waals surface area contributed by atoms with Crippen molar-refractivity contribution in [3.05, 3.63) is 22.8 Å². The summed E-state index contributed by atoms with van der Waals surface area (Å²) in [6, 6.07) is 3.76. The van der Waals surface area contributed by atoms with E-state index in [0.717, 1.165) is 30.7 Å². The number of hydrogen-bond acceptors (Lipinski definition) is 4. The van der Waals surface area contributed by atoms with E-state index in [-0.39, 0.29) is 11.4 Å². The third-order valence-corrected chi connectivity index (χ3v) is 2.09. The van der Waals surface area contributed by atoms with Crippen molar-refractivity contribution in [3.8, 4) is 12.1 Å². The molecular formula is C9H6N4. The average molecular weight is 170 g/mol. The summed E-state index contributed by atoms with van der Waals surface area (Å²) in [5.74, 6) is 0. The molecule has 0 atom stereocenters. The number of hydrogen-bond donors (Lipinski definition) is 0. The minimum Gasteiger partial charge on any atom is -0.237 e. The number of aromatic nitrogens is 2. The van der Waals surface area contributed by atoms with Gasteiger partial charge in [0, 0.05) is 0 Å². The Morgan fingerprint density at radius 2 is 1.38 bits per heavy atom. The quantitative estimate of drug-likeness (QED) is 0.574. The van der Waals surface area contributed by atoms with Crippen LogP contribution in [0.2, 0.25) is 0 Å². The average Bonchev–Trinajstić information content (AvgIpc) is 2.62. The van der Waals surface area contributed by atoms with Crippen molar-refractivity contribution in [1.82, 2.24) is 9.97 Å². The molecule has 4 nitrogen and oxygen atoms in total. The highest BCUT2D eigenvalue weighted by molar-refractivity contribution is 5.38. The van der Waals surface area contributed by atoms with Crippen LogP contribution >= 0.6 is 0 Å². The molecule has 2 rings (SSSR count). The Balaban J connectivity index is 2.63. The molecule has 0 amide bonds. The molecule has 0 saturated heterocycles. The van der Waals surface area contributed by atoms with Gasteiger partial charge in [0.05, 0.1) is 11.4 Å². The van der Waals surface area contributed by atoms with Crippen LogP contribution in [0.1, 0.15) is 29.2 Å². The minimum atomic E-state index is 0.156. The van der Waals surface area contributed by atoms with E-state index in [4.69, 9.17) is 10.5 Å². The number of rotatable bonds is 0. The van der Waals surface area contributed by atoms with Crippen LogP contribution in [-0.4, -0.2) is 9.97 Å². The van der Waals surface area contributed by atoms with E-state index >= 15 is 0 Å². The normalized spacial score (nSPS) is 13.1. The Morgan fingerprint density at radius 3 is 1.77 bits per heavy atom. The smallest absolute Gasteiger partial charge is 0.177 e. The molecule has 0 unspecified atom stereocenters. The van der Waals surface area contributed by atoms with Gasteiger partial charge in [-0.1, -0.05) is 0 Å². The summed E-state index contributed by atoms with van der Waals surface area (Å²) in [4.78, 5) is 8.19. The topological polar surface area (TPSA) is 73.4 Å². The first-order valence-corrected chi connectivity index (χ1v) is 4.05. The fourth-order valence-corrected chi connectivity index (χ4v) is 1.48. The summed E-state index contributed by atoms with van der Waals surface area (Å²) < 4.78 is 0. The van der Waals surface area contributed by atoms with E-state index in [0.29, 0.717) is 0 Å². The molecule has 0 fully saturated rings. The molecule has 13 heavy (non-hydrogen) atoms. The first-order chi connectivity index (χ1) is 6.35. The zero-order chi connectivity index (χ0) is 9.26. The van der Waals surface area contributed by atoms with E-state index in [1.165, 1.54) is 0 Å². The fraction of sp³-hybridized carbons (Fsp3) is 0.333. The van der Waals surface area contributed by atoms with Crippen molar-refractivity contribution >= 4 is 0 Å². The maximum atomic E-state index is 8.68. The number of nitrogens with zero attached hydrogens (tertiary/aromatic N) is 4. The van der Waals surface area contributed by atoms with Crippen molar-refractivity contribution in [2.24, 2.45) is 0 Å². The van der Waals surface area contributed by atoms with Gasteiger partial charge < -0.3 is 0 Å². The molecule has 1 aromatic heterocycles. The molecule has 0 spiro atoms.